The molecule has 0 aliphatic heterocycles. The van der Waals surface area contributed by atoms with Crippen LogP contribution in [0.4, 0.5) is 5.69 Å². The molecule has 3 aromatic rings. The highest BCUT2D eigenvalue weighted by Crippen LogP contribution is 2.37. The number of nitrogens with one attached hydrogen (secondary N) is 1. The van der Waals surface area contributed by atoms with Crippen LogP contribution in [0.1, 0.15) is 60.6 Å². The first-order valence-corrected chi connectivity index (χ1v) is 12.9. The third-order valence-electron chi connectivity index (χ3n) is 6.31. The zero-order valence-corrected chi connectivity index (χ0v) is 19.4. The van der Waals surface area contributed by atoms with E-state index in [9.17, 15) is 9.59 Å². The highest BCUT2D eigenvalue weighted by Gasteiger charge is 2.27. The van der Waals surface area contributed by atoms with Crippen LogP contribution in [-0.4, -0.2) is 21.2 Å². The molecule has 0 saturated heterocycles. The molecule has 0 atom stereocenters. The van der Waals surface area contributed by atoms with Crippen molar-refractivity contribution in [1.29, 1.82) is 5.26 Å². The number of hydrogen-bond donors (Lipinski definition) is 1. The number of nitriles is 1. The van der Waals surface area contributed by atoms with Gasteiger partial charge in [0, 0.05) is 16.6 Å². The molecule has 0 radical (unpaired) electrons. The molecule has 32 heavy (non-hydrogen) atoms. The van der Waals surface area contributed by atoms with Crippen molar-refractivity contribution >= 4 is 44.9 Å². The first-order valence-electron chi connectivity index (χ1n) is 11.1. The number of carbonyl (C=O) groups excluding carboxylic acids is 1. The molecule has 5 rings (SSSR count). The van der Waals surface area contributed by atoms with E-state index in [2.05, 4.69) is 11.4 Å². The Hall–Kier alpha value is -2.63. The molecule has 2 heterocycles. The molecule has 1 fully saturated rings. The van der Waals surface area contributed by atoms with Crippen LogP contribution in [-0.2, 0) is 17.6 Å². The van der Waals surface area contributed by atoms with Gasteiger partial charge < -0.3 is 5.32 Å². The van der Waals surface area contributed by atoms with Crippen molar-refractivity contribution in [3.8, 4) is 6.07 Å². The van der Waals surface area contributed by atoms with E-state index in [1.807, 2.05) is 4.57 Å². The van der Waals surface area contributed by atoms with Gasteiger partial charge in [-0.3, -0.25) is 14.2 Å². The van der Waals surface area contributed by atoms with Crippen LogP contribution in [0.25, 0.3) is 10.2 Å². The summed E-state index contributed by atoms with van der Waals surface area (Å²) in [6.45, 7) is 0. The van der Waals surface area contributed by atoms with Crippen molar-refractivity contribution in [3.05, 3.63) is 50.6 Å². The SMILES string of the molecule is N#Cc1ccc(NC(=O)CSc2nc3sc4c(c3c(=O)n2C2CCCC2)CCCC4)cc1. The summed E-state index contributed by atoms with van der Waals surface area (Å²) < 4.78 is 1.89. The Bertz CT molecular complexity index is 1260. The van der Waals surface area contributed by atoms with Gasteiger partial charge in [0.25, 0.3) is 5.56 Å². The van der Waals surface area contributed by atoms with Gasteiger partial charge in [-0.1, -0.05) is 24.6 Å². The average Bonchev–Trinajstić information content (AvgIpc) is 3.46. The van der Waals surface area contributed by atoms with Crippen LogP contribution in [0.15, 0.2) is 34.2 Å². The first kappa shape index (κ1) is 21.2. The summed E-state index contributed by atoms with van der Waals surface area (Å²) in [7, 11) is 0. The van der Waals surface area contributed by atoms with Crippen molar-refractivity contribution < 1.29 is 4.79 Å². The number of aryl methyl sites for hydroxylation is 2. The second kappa shape index (κ2) is 9.08. The topological polar surface area (TPSA) is 87.8 Å². The largest absolute Gasteiger partial charge is 0.325 e. The number of thioether (sulfide) groups is 1. The molecule has 1 amide bonds. The van der Waals surface area contributed by atoms with E-state index in [4.69, 9.17) is 10.2 Å². The van der Waals surface area contributed by atoms with Gasteiger partial charge in [-0.05, 0) is 68.4 Å². The maximum absolute atomic E-state index is 13.7. The van der Waals surface area contributed by atoms with Crippen LogP contribution >= 0.6 is 23.1 Å². The third kappa shape index (κ3) is 4.07. The van der Waals surface area contributed by atoms with Gasteiger partial charge in [-0.15, -0.1) is 11.3 Å². The lowest BCUT2D eigenvalue weighted by Gasteiger charge is -2.18. The molecule has 1 aromatic carbocycles. The van der Waals surface area contributed by atoms with Crippen LogP contribution in [0.5, 0.6) is 0 Å². The zero-order chi connectivity index (χ0) is 22.1. The number of nitrogens with zero attached hydrogens (tertiary/aromatic N) is 3. The van der Waals surface area contributed by atoms with E-state index < -0.39 is 0 Å². The van der Waals surface area contributed by atoms with E-state index in [0.717, 1.165) is 55.2 Å². The molecule has 0 unspecified atom stereocenters. The molecule has 1 saturated carbocycles. The molecule has 6 nitrogen and oxygen atoms in total. The number of amides is 1. The Morgan fingerprint density at radius 3 is 2.69 bits per heavy atom. The monoisotopic (exact) mass is 464 g/mol. The van der Waals surface area contributed by atoms with Gasteiger partial charge in [0.15, 0.2) is 5.16 Å². The Labute approximate surface area is 194 Å². The molecule has 1 N–H and O–H groups in total. The summed E-state index contributed by atoms with van der Waals surface area (Å²) in [5, 5.41) is 13.3. The maximum Gasteiger partial charge on any atom is 0.263 e. The normalized spacial score (nSPS) is 16.1. The fourth-order valence-corrected chi connectivity index (χ4v) is 6.91. The second-order valence-electron chi connectivity index (χ2n) is 8.42. The van der Waals surface area contributed by atoms with E-state index in [-0.39, 0.29) is 23.3 Å². The van der Waals surface area contributed by atoms with Gasteiger partial charge in [-0.25, -0.2) is 4.98 Å². The minimum atomic E-state index is -0.155. The molecule has 8 heteroatoms. The number of aromatic nitrogens is 2. The summed E-state index contributed by atoms with van der Waals surface area (Å²) in [5.41, 5.74) is 2.50. The first-order chi connectivity index (χ1) is 15.6. The smallest absolute Gasteiger partial charge is 0.263 e. The number of anilines is 1. The summed E-state index contributed by atoms with van der Waals surface area (Å²) in [6.07, 6.45) is 8.54. The lowest BCUT2D eigenvalue weighted by Crippen LogP contribution is -2.27. The van der Waals surface area contributed by atoms with Gasteiger partial charge in [0.05, 0.1) is 22.8 Å². The molecule has 164 valence electrons. The van der Waals surface area contributed by atoms with Gasteiger partial charge in [0.1, 0.15) is 4.83 Å². The number of benzene rings is 1. The standard InChI is InChI=1S/C24H24N4O2S2/c25-13-15-9-11-16(12-10-15)26-20(29)14-31-24-27-22-21(18-7-3-4-8-19(18)32-22)23(30)28(24)17-5-1-2-6-17/h9-12,17H,1-8,14H2,(H,26,29). The molecule has 0 bridgehead atoms. The molecule has 2 aromatic heterocycles. The fourth-order valence-electron chi connectivity index (χ4n) is 4.74. The number of fused-ring (bicyclic) bond motifs is 3. The predicted molar refractivity (Wildman–Crippen MR) is 129 cm³/mol. The van der Waals surface area contributed by atoms with Gasteiger partial charge in [-0.2, -0.15) is 5.26 Å². The van der Waals surface area contributed by atoms with Crippen molar-refractivity contribution in [2.75, 3.05) is 11.1 Å². The quantitative estimate of drug-likeness (QED) is 0.421. The highest BCUT2D eigenvalue weighted by molar-refractivity contribution is 7.99. The van der Waals surface area contributed by atoms with Crippen molar-refractivity contribution in [2.45, 2.75) is 62.6 Å². The summed E-state index contributed by atoms with van der Waals surface area (Å²) in [5.74, 6) is 0.0213. The lowest BCUT2D eigenvalue weighted by atomic mass is 9.97. The summed E-state index contributed by atoms with van der Waals surface area (Å²) >= 11 is 2.99. The predicted octanol–water partition coefficient (Wildman–Crippen LogP) is 5.05. The number of rotatable bonds is 5. The molecular formula is C24H24N4O2S2. The van der Waals surface area contributed by atoms with Crippen LogP contribution in [0, 0.1) is 11.3 Å². The zero-order valence-electron chi connectivity index (χ0n) is 17.7. The van der Waals surface area contributed by atoms with Crippen LogP contribution in [0.2, 0.25) is 0 Å². The van der Waals surface area contributed by atoms with Gasteiger partial charge in [0.2, 0.25) is 5.91 Å². The van der Waals surface area contributed by atoms with Crippen molar-refractivity contribution in [2.24, 2.45) is 0 Å². The van der Waals surface area contributed by atoms with E-state index in [1.165, 1.54) is 28.6 Å². The van der Waals surface area contributed by atoms with Crippen LogP contribution < -0.4 is 10.9 Å². The van der Waals surface area contributed by atoms with Gasteiger partial charge >= 0.3 is 0 Å². The lowest BCUT2D eigenvalue weighted by molar-refractivity contribution is -0.113. The number of hydrogen-bond acceptors (Lipinski definition) is 6. The minimum Gasteiger partial charge on any atom is -0.325 e. The van der Waals surface area contributed by atoms with Crippen LogP contribution in [0.3, 0.4) is 0 Å². The third-order valence-corrected chi connectivity index (χ3v) is 8.45. The van der Waals surface area contributed by atoms with E-state index >= 15 is 0 Å². The molecular weight excluding hydrogens is 440 g/mol. The summed E-state index contributed by atoms with van der Waals surface area (Å²) in [4.78, 5) is 33.3. The minimum absolute atomic E-state index is 0.0799. The average molecular weight is 465 g/mol. The molecule has 2 aliphatic carbocycles. The van der Waals surface area contributed by atoms with E-state index in [0.29, 0.717) is 16.4 Å². The Morgan fingerprint density at radius 1 is 1.19 bits per heavy atom. The van der Waals surface area contributed by atoms with Crippen molar-refractivity contribution in [3.63, 3.8) is 0 Å². The molecule has 2 aliphatic rings. The number of thiophene rings is 1. The Morgan fingerprint density at radius 2 is 1.94 bits per heavy atom. The molecule has 0 spiro atoms. The Kier molecular flexibility index (Phi) is 6.03. The Balaban J connectivity index is 1.43. The summed E-state index contributed by atoms with van der Waals surface area (Å²) in [6, 6.07) is 9.02. The highest BCUT2D eigenvalue weighted by atomic mass is 32.2. The van der Waals surface area contributed by atoms with E-state index in [1.54, 1.807) is 35.6 Å². The van der Waals surface area contributed by atoms with Crippen molar-refractivity contribution in [1.82, 2.24) is 9.55 Å². The maximum atomic E-state index is 13.7. The second-order valence-corrected chi connectivity index (χ2v) is 10.5. The fraction of sp³-hybridized carbons (Fsp3) is 0.417. The number of carbonyl (C=O) groups is 1.